The molecule has 10 heteroatoms. The number of likely N-dealkylation sites (N-methyl/N-ethyl adjacent to an activating group) is 1. The van der Waals surface area contributed by atoms with E-state index in [1.54, 1.807) is 26.2 Å². The summed E-state index contributed by atoms with van der Waals surface area (Å²) in [5.74, 6) is -7.37. The molecule has 0 heterocycles. The minimum atomic E-state index is -2.77. The van der Waals surface area contributed by atoms with Gasteiger partial charge in [0.05, 0.1) is 23.6 Å². The largest absolute Gasteiger partial charge is 0.510 e. The molecular weight excluding hydrogens is 504 g/mol. The second-order valence-corrected chi connectivity index (χ2v) is 11.6. The molecule has 210 valence electrons. The minimum absolute atomic E-state index is 0.0168. The van der Waals surface area contributed by atoms with Crippen LogP contribution >= 0.6 is 0 Å². The fourth-order valence-electron chi connectivity index (χ4n) is 7.36. The number of hydrogen-bond donors (Lipinski definition) is 5. The van der Waals surface area contributed by atoms with Crippen molar-refractivity contribution in [1.29, 1.82) is 0 Å². The van der Waals surface area contributed by atoms with E-state index in [4.69, 9.17) is 10.5 Å². The minimum Gasteiger partial charge on any atom is -0.510 e. The molecule has 39 heavy (non-hydrogen) atoms. The van der Waals surface area contributed by atoms with Crippen LogP contribution in [0, 0.1) is 17.8 Å². The van der Waals surface area contributed by atoms with Gasteiger partial charge in [-0.25, -0.2) is 0 Å². The lowest BCUT2D eigenvalue weighted by atomic mass is 9.55. The number of fused-ring (bicyclic) bond motifs is 3. The number of rotatable bonds is 5. The van der Waals surface area contributed by atoms with E-state index >= 15 is 0 Å². The molecule has 1 aromatic carbocycles. The van der Waals surface area contributed by atoms with Gasteiger partial charge in [-0.2, -0.15) is 0 Å². The van der Waals surface area contributed by atoms with Crippen molar-refractivity contribution in [3.05, 3.63) is 52.0 Å². The smallest absolute Gasteiger partial charge is 0.255 e. The van der Waals surface area contributed by atoms with Crippen LogP contribution in [0.3, 0.4) is 0 Å². The molecule has 0 unspecified atom stereocenters. The van der Waals surface area contributed by atoms with Crippen LogP contribution in [0.4, 0.5) is 0 Å². The Labute approximate surface area is 226 Å². The monoisotopic (exact) mass is 540 g/mol. The van der Waals surface area contributed by atoms with Crippen LogP contribution in [-0.2, 0) is 14.3 Å². The maximum absolute atomic E-state index is 13.9. The molecule has 6 N–H and O–H groups in total. The molecule has 4 aliphatic rings. The molecule has 1 aromatic rings. The number of ether oxygens (including phenoxy) is 1. The summed E-state index contributed by atoms with van der Waals surface area (Å²) < 4.78 is 6.56. The third kappa shape index (κ3) is 3.91. The van der Waals surface area contributed by atoms with Gasteiger partial charge >= 0.3 is 0 Å². The van der Waals surface area contributed by atoms with Crippen molar-refractivity contribution in [3.8, 4) is 5.75 Å². The average molecular weight is 541 g/mol. The Hall–Kier alpha value is -3.21. The summed E-state index contributed by atoms with van der Waals surface area (Å²) in [6.07, 6.45) is 4.17. The number of hydrogen-bond acceptors (Lipinski definition) is 9. The lowest BCUT2D eigenvalue weighted by Crippen LogP contribution is -2.69. The van der Waals surface area contributed by atoms with Crippen LogP contribution in [0.25, 0.3) is 0 Å². The average Bonchev–Trinajstić information content (AvgIpc) is 2.88. The van der Waals surface area contributed by atoms with E-state index in [9.17, 15) is 34.8 Å². The number of phenols is 1. The van der Waals surface area contributed by atoms with Crippen molar-refractivity contribution < 1.29 is 39.5 Å². The van der Waals surface area contributed by atoms with Gasteiger partial charge in [-0.1, -0.05) is 38.3 Å². The Morgan fingerprint density at radius 1 is 1.13 bits per heavy atom. The number of aliphatic hydroxyl groups is 3. The molecule has 6 atom stereocenters. The van der Waals surface area contributed by atoms with Gasteiger partial charge in [0, 0.05) is 18.1 Å². The molecule has 0 aromatic heterocycles. The highest BCUT2D eigenvalue weighted by Gasteiger charge is 2.68. The predicted octanol–water partition coefficient (Wildman–Crippen LogP) is 2.26. The number of carbonyl (C=O) groups excluding carboxylic acids is 3. The van der Waals surface area contributed by atoms with Crippen molar-refractivity contribution in [1.82, 2.24) is 4.90 Å². The third-order valence-electron chi connectivity index (χ3n) is 9.22. The van der Waals surface area contributed by atoms with E-state index < -0.39 is 70.1 Å². The van der Waals surface area contributed by atoms with E-state index in [1.807, 2.05) is 6.92 Å². The summed E-state index contributed by atoms with van der Waals surface area (Å²) in [6, 6.07) is 3.58. The van der Waals surface area contributed by atoms with Crippen LogP contribution in [0.15, 0.2) is 40.9 Å². The number of ketones is 2. The van der Waals surface area contributed by atoms with E-state index in [1.165, 1.54) is 11.0 Å². The van der Waals surface area contributed by atoms with Crippen molar-refractivity contribution in [3.63, 3.8) is 0 Å². The number of benzene rings is 1. The maximum Gasteiger partial charge on any atom is 0.255 e. The van der Waals surface area contributed by atoms with Gasteiger partial charge in [-0.3, -0.25) is 19.3 Å². The van der Waals surface area contributed by atoms with Crippen molar-refractivity contribution in [2.45, 2.75) is 62.7 Å². The van der Waals surface area contributed by atoms with Gasteiger partial charge in [0.25, 0.3) is 5.91 Å². The Morgan fingerprint density at radius 3 is 2.41 bits per heavy atom. The molecule has 1 amide bonds. The van der Waals surface area contributed by atoms with Crippen molar-refractivity contribution >= 4 is 17.5 Å². The number of nitrogens with zero attached hydrogens (tertiary/aromatic N) is 1. The Balaban J connectivity index is 1.75. The number of carbonyl (C=O) groups is 3. The Morgan fingerprint density at radius 2 is 1.79 bits per heavy atom. The molecule has 0 radical (unpaired) electrons. The fourth-order valence-corrected chi connectivity index (χ4v) is 7.36. The van der Waals surface area contributed by atoms with E-state index in [-0.39, 0.29) is 22.8 Å². The zero-order valence-corrected chi connectivity index (χ0v) is 22.4. The van der Waals surface area contributed by atoms with E-state index in [0.717, 1.165) is 32.1 Å². The highest BCUT2D eigenvalue weighted by Crippen LogP contribution is 2.56. The van der Waals surface area contributed by atoms with Gasteiger partial charge in [0.2, 0.25) is 5.78 Å². The van der Waals surface area contributed by atoms with E-state index in [2.05, 4.69) is 0 Å². The van der Waals surface area contributed by atoms with Gasteiger partial charge < -0.3 is 30.9 Å². The third-order valence-corrected chi connectivity index (χ3v) is 9.22. The first-order chi connectivity index (χ1) is 18.4. The summed E-state index contributed by atoms with van der Waals surface area (Å²) in [7, 11) is 3.21. The number of amides is 1. The summed E-state index contributed by atoms with van der Waals surface area (Å²) in [6.45, 7) is 2.14. The first-order valence-electron chi connectivity index (χ1n) is 13.5. The number of Topliss-reactive ketones (excluding diaryl/α,β-unsaturated/α-hetero) is 2. The molecule has 0 spiro atoms. The normalized spacial score (nSPS) is 33.2. The fraction of sp³-hybridized carbons (Fsp3) is 0.552. The standard InChI is InChI=1S/C29H36N2O8/c1-13-15-10-7-11-16(32)18(15)23(33)19-17(13)25(39-12-14-8-5-4-6-9-14)21-22(31(2)3)24(34)20(28(30)37)27(36)29(21,38)26(19)35/h7,10-11,13-14,17,21-22,25,32,34-35,38H,4-6,8-9,12H2,1-3H3,(H2,30,37)/t13-,17-,21-,22+,25+,29+/m0/s1. The molecular formula is C29H36N2O8. The Bertz CT molecular complexity index is 1290. The molecule has 10 nitrogen and oxygen atoms in total. The van der Waals surface area contributed by atoms with E-state index in [0.29, 0.717) is 12.2 Å². The molecule has 4 aliphatic carbocycles. The van der Waals surface area contributed by atoms with Crippen LogP contribution < -0.4 is 5.73 Å². The number of primary amides is 1. The van der Waals surface area contributed by atoms with Gasteiger partial charge in [0.15, 0.2) is 11.4 Å². The predicted molar refractivity (Wildman–Crippen MR) is 140 cm³/mol. The quantitative estimate of drug-likeness (QED) is 0.351. The summed E-state index contributed by atoms with van der Waals surface area (Å²) in [5.41, 5.74) is 2.16. The van der Waals surface area contributed by atoms with Crippen LogP contribution in [0.5, 0.6) is 5.75 Å². The first kappa shape index (κ1) is 27.4. The summed E-state index contributed by atoms with van der Waals surface area (Å²) in [5, 5.41) is 45.5. The van der Waals surface area contributed by atoms with Crippen LogP contribution in [0.1, 0.15) is 60.9 Å². The lowest BCUT2D eigenvalue weighted by molar-refractivity contribution is -0.171. The van der Waals surface area contributed by atoms with Crippen molar-refractivity contribution in [2.24, 2.45) is 23.5 Å². The number of nitrogens with two attached hydrogens (primary N) is 1. The highest BCUT2D eigenvalue weighted by molar-refractivity contribution is 6.25. The molecule has 1 fully saturated rings. The van der Waals surface area contributed by atoms with Crippen LogP contribution in [0.2, 0.25) is 0 Å². The number of aromatic hydroxyl groups is 1. The molecule has 0 aliphatic heterocycles. The highest BCUT2D eigenvalue weighted by atomic mass is 16.5. The zero-order valence-electron chi connectivity index (χ0n) is 22.4. The SMILES string of the molecule is C[C@H]1c2cccc(O)c2C(=O)C2=C(O)[C@@]3(O)C(=O)C(C(N)=O)=C(O)[C@H](N(C)C)[C@H]3[C@H](OCC3CCCCC3)[C@H]21. The first-order valence-corrected chi connectivity index (χ1v) is 13.5. The molecule has 0 bridgehead atoms. The van der Waals surface area contributed by atoms with Gasteiger partial charge in [-0.15, -0.1) is 0 Å². The maximum atomic E-state index is 13.9. The van der Waals surface area contributed by atoms with Crippen molar-refractivity contribution in [2.75, 3.05) is 20.7 Å². The zero-order chi connectivity index (χ0) is 28.4. The molecule has 0 saturated heterocycles. The van der Waals surface area contributed by atoms with Gasteiger partial charge in [0.1, 0.15) is 22.8 Å². The number of phenolic OH excluding ortho intramolecular Hbond substituents is 1. The van der Waals surface area contributed by atoms with Crippen LogP contribution in [-0.4, -0.2) is 81.2 Å². The summed E-state index contributed by atoms with van der Waals surface area (Å²) in [4.78, 5) is 41.5. The molecule has 5 rings (SSSR count). The van der Waals surface area contributed by atoms with Gasteiger partial charge in [-0.05, 0) is 50.4 Å². The second-order valence-electron chi connectivity index (χ2n) is 11.6. The second kappa shape index (κ2) is 9.76. The Kier molecular flexibility index (Phi) is 6.85. The lowest BCUT2D eigenvalue weighted by Gasteiger charge is -2.55. The molecule has 1 saturated carbocycles. The number of aliphatic hydroxyl groups excluding tert-OH is 2. The summed E-state index contributed by atoms with van der Waals surface area (Å²) >= 11 is 0. The topological polar surface area (TPSA) is 171 Å².